The van der Waals surface area contributed by atoms with E-state index in [1.807, 2.05) is 0 Å². The molecule has 0 fully saturated rings. The minimum atomic E-state index is 0. The summed E-state index contributed by atoms with van der Waals surface area (Å²) in [6.45, 7) is 6.31. The van der Waals surface area contributed by atoms with Gasteiger partial charge in [0.2, 0.25) is 0 Å². The van der Waals surface area contributed by atoms with Crippen LogP contribution in [0, 0.1) is 0 Å². The fourth-order valence-electron chi connectivity index (χ4n) is 0.583. The van der Waals surface area contributed by atoms with Gasteiger partial charge >= 0.3 is 0 Å². The van der Waals surface area contributed by atoms with Crippen molar-refractivity contribution in [2.45, 2.75) is 33.6 Å². The molecule has 2 nitrogen and oxygen atoms in total. The minimum Gasteiger partial charge on any atom is -0.451 e. The van der Waals surface area contributed by atoms with Crippen molar-refractivity contribution in [1.82, 2.24) is 4.98 Å². The highest BCUT2D eigenvalue weighted by Gasteiger charge is 2.15. The van der Waals surface area contributed by atoms with Crippen LogP contribution >= 0.6 is 0 Å². The monoisotopic (exact) mass is 141 g/mol. The number of oxazole rings is 1. The summed E-state index contributed by atoms with van der Waals surface area (Å²) in [7, 11) is 0. The third kappa shape index (κ3) is 1.87. The fraction of sp³-hybridized carbons (Fsp3) is 0.625. The van der Waals surface area contributed by atoms with Gasteiger partial charge in [-0.2, -0.15) is 0 Å². The molecule has 1 aromatic rings. The lowest BCUT2D eigenvalue weighted by Gasteiger charge is -2.12. The van der Waals surface area contributed by atoms with E-state index in [-0.39, 0.29) is 12.8 Å². The Balaban J connectivity index is 0.000000810. The smallest absolute Gasteiger partial charge is 0.180 e. The largest absolute Gasteiger partial charge is 0.451 e. The maximum absolute atomic E-state index is 4.83. The van der Waals surface area contributed by atoms with E-state index in [2.05, 4.69) is 25.8 Å². The summed E-state index contributed by atoms with van der Waals surface area (Å²) in [6.07, 6.45) is 3.14. The summed E-state index contributed by atoms with van der Waals surface area (Å²) in [6, 6.07) is 0. The topological polar surface area (TPSA) is 26.0 Å². The van der Waals surface area contributed by atoms with E-state index in [0.29, 0.717) is 0 Å². The van der Waals surface area contributed by atoms with E-state index in [1.165, 1.54) is 6.39 Å². The second-order valence-corrected chi connectivity index (χ2v) is 3.12. The summed E-state index contributed by atoms with van der Waals surface area (Å²) in [5, 5.41) is 0. The first-order valence-electron chi connectivity index (χ1n) is 2.99. The molecule has 0 unspecified atom stereocenters. The average molecular weight is 141 g/mol. The van der Waals surface area contributed by atoms with Crippen LogP contribution in [0.5, 0.6) is 0 Å². The van der Waals surface area contributed by atoms with Crippen LogP contribution in [0.15, 0.2) is 17.1 Å². The molecule has 0 saturated carbocycles. The van der Waals surface area contributed by atoms with Crippen molar-refractivity contribution in [3.63, 3.8) is 0 Å². The zero-order chi connectivity index (χ0) is 6.91. The summed E-state index contributed by atoms with van der Waals surface area (Å²) < 4.78 is 4.83. The summed E-state index contributed by atoms with van der Waals surface area (Å²) in [5.41, 5.74) is 1.12. The van der Waals surface area contributed by atoms with E-state index >= 15 is 0 Å². The predicted octanol–water partition coefficient (Wildman–Crippen LogP) is 2.61. The molecule has 0 aromatic carbocycles. The molecule has 10 heavy (non-hydrogen) atoms. The van der Waals surface area contributed by atoms with E-state index in [4.69, 9.17) is 4.42 Å². The van der Waals surface area contributed by atoms with Gasteiger partial charge in [0, 0.05) is 5.41 Å². The van der Waals surface area contributed by atoms with E-state index in [0.717, 1.165) is 5.69 Å². The summed E-state index contributed by atoms with van der Waals surface area (Å²) in [5.74, 6) is 0. The maximum Gasteiger partial charge on any atom is 0.180 e. The molecule has 0 radical (unpaired) electrons. The van der Waals surface area contributed by atoms with Crippen molar-refractivity contribution in [2.24, 2.45) is 0 Å². The van der Waals surface area contributed by atoms with Gasteiger partial charge in [0.25, 0.3) is 0 Å². The van der Waals surface area contributed by atoms with Gasteiger partial charge in [-0.25, -0.2) is 4.98 Å². The fourth-order valence-corrected chi connectivity index (χ4v) is 0.583. The Morgan fingerprint density at radius 3 is 2.20 bits per heavy atom. The number of rotatable bonds is 0. The van der Waals surface area contributed by atoms with Crippen LogP contribution in [0.1, 0.15) is 33.9 Å². The van der Waals surface area contributed by atoms with Crippen LogP contribution in [-0.4, -0.2) is 4.98 Å². The number of hydrogen-bond donors (Lipinski definition) is 0. The molecule has 0 amide bonds. The highest BCUT2D eigenvalue weighted by Crippen LogP contribution is 2.18. The van der Waals surface area contributed by atoms with Crippen LogP contribution in [0.25, 0.3) is 0 Å². The van der Waals surface area contributed by atoms with E-state index in [1.54, 1.807) is 6.26 Å². The Labute approximate surface area is 62.3 Å². The van der Waals surface area contributed by atoms with Crippen molar-refractivity contribution in [3.8, 4) is 0 Å². The second kappa shape index (κ2) is 2.86. The lowest BCUT2D eigenvalue weighted by Crippen LogP contribution is -2.10. The van der Waals surface area contributed by atoms with Gasteiger partial charge in [-0.05, 0) is 0 Å². The van der Waals surface area contributed by atoms with Crippen LogP contribution < -0.4 is 0 Å². The Morgan fingerprint density at radius 2 is 2.00 bits per heavy atom. The molecule has 2 heteroatoms. The first-order chi connectivity index (χ1) is 4.11. The molecule has 1 heterocycles. The van der Waals surface area contributed by atoms with Crippen molar-refractivity contribution in [3.05, 3.63) is 18.4 Å². The van der Waals surface area contributed by atoms with Gasteiger partial charge in [-0.1, -0.05) is 28.2 Å². The lowest BCUT2D eigenvalue weighted by atomic mass is 9.93. The van der Waals surface area contributed by atoms with Gasteiger partial charge in [0.05, 0.1) is 5.69 Å². The van der Waals surface area contributed by atoms with Crippen LogP contribution in [0.2, 0.25) is 0 Å². The van der Waals surface area contributed by atoms with Gasteiger partial charge in [0.15, 0.2) is 6.39 Å². The Bertz CT molecular complexity index is 172. The quantitative estimate of drug-likeness (QED) is 0.555. The number of hydrogen-bond acceptors (Lipinski definition) is 2. The summed E-state index contributed by atoms with van der Waals surface area (Å²) >= 11 is 0. The van der Waals surface area contributed by atoms with Crippen LogP contribution in [0.4, 0.5) is 0 Å². The number of nitrogens with zero attached hydrogens (tertiary/aromatic N) is 1. The van der Waals surface area contributed by atoms with Gasteiger partial charge in [-0.3, -0.25) is 0 Å². The molecule has 0 saturated heterocycles. The van der Waals surface area contributed by atoms with Crippen molar-refractivity contribution in [1.29, 1.82) is 0 Å². The molecule has 0 atom stereocenters. The molecule has 0 spiro atoms. The third-order valence-electron chi connectivity index (χ3n) is 1.20. The molecule has 58 valence electrons. The molecule has 0 aliphatic heterocycles. The molecule has 0 N–H and O–H groups in total. The molecule has 0 bridgehead atoms. The standard InChI is InChI=1S/C7H11NO.CH4/c1-7(2,3)6-4-9-5-8-6;/h4-5H,1-3H3;1H4. The zero-order valence-electron chi connectivity index (χ0n) is 6.01. The SMILES string of the molecule is C.CC(C)(C)c1cocn1. The van der Waals surface area contributed by atoms with Gasteiger partial charge in [0.1, 0.15) is 6.26 Å². The Morgan fingerprint density at radius 1 is 1.40 bits per heavy atom. The number of aromatic nitrogens is 1. The molecule has 1 aromatic heterocycles. The van der Waals surface area contributed by atoms with Crippen LogP contribution in [-0.2, 0) is 5.41 Å². The predicted molar refractivity (Wildman–Crippen MR) is 41.9 cm³/mol. The maximum atomic E-state index is 4.83. The van der Waals surface area contributed by atoms with E-state index in [9.17, 15) is 0 Å². The zero-order valence-corrected chi connectivity index (χ0v) is 6.01. The third-order valence-corrected chi connectivity index (χ3v) is 1.20. The second-order valence-electron chi connectivity index (χ2n) is 3.12. The first kappa shape index (κ1) is 9.21. The molecule has 0 aliphatic rings. The molecular formula is C8H15NO. The van der Waals surface area contributed by atoms with Crippen LogP contribution in [0.3, 0.4) is 0 Å². The lowest BCUT2D eigenvalue weighted by molar-refractivity contribution is 0.537. The normalized spacial score (nSPS) is 10.7. The highest BCUT2D eigenvalue weighted by molar-refractivity contribution is 5.05. The molecule has 1 rings (SSSR count). The minimum absolute atomic E-state index is 0. The van der Waals surface area contributed by atoms with Crippen molar-refractivity contribution < 1.29 is 4.42 Å². The van der Waals surface area contributed by atoms with Gasteiger partial charge < -0.3 is 4.42 Å². The summed E-state index contributed by atoms with van der Waals surface area (Å²) in [4.78, 5) is 4.02. The Kier molecular flexibility index (Phi) is 2.64. The van der Waals surface area contributed by atoms with Crippen molar-refractivity contribution >= 4 is 0 Å². The molecular weight excluding hydrogens is 126 g/mol. The average Bonchev–Trinajstić information content (AvgIpc) is 2.08. The van der Waals surface area contributed by atoms with E-state index < -0.39 is 0 Å². The van der Waals surface area contributed by atoms with Gasteiger partial charge in [-0.15, -0.1) is 0 Å². The molecule has 0 aliphatic carbocycles. The van der Waals surface area contributed by atoms with Crippen molar-refractivity contribution in [2.75, 3.05) is 0 Å². The Hall–Kier alpha value is -0.790. The highest BCUT2D eigenvalue weighted by atomic mass is 16.3. The first-order valence-corrected chi connectivity index (χ1v) is 2.99.